The molecule has 0 radical (unpaired) electrons. The minimum Gasteiger partial charge on any atom is -0.481 e. The van der Waals surface area contributed by atoms with Gasteiger partial charge >= 0.3 is 19.5 Å². The van der Waals surface area contributed by atoms with Gasteiger partial charge in [-0.3, -0.25) is 14.2 Å². The van der Waals surface area contributed by atoms with E-state index < -0.39 is 30.6 Å². The molecule has 0 aliphatic carbocycles. The van der Waals surface area contributed by atoms with Crippen molar-refractivity contribution in [1.82, 2.24) is 0 Å². The van der Waals surface area contributed by atoms with Crippen molar-refractivity contribution in [1.29, 1.82) is 0 Å². The van der Waals surface area contributed by atoms with Gasteiger partial charge in [0.15, 0.2) is 5.16 Å². The zero-order valence-corrected chi connectivity index (χ0v) is 11.8. The number of aliphatic carboxylic acids is 2. The molecular weight excluding hydrogens is 263 g/mol. The second kappa shape index (κ2) is 6.31. The van der Waals surface area contributed by atoms with Crippen LogP contribution in [-0.2, 0) is 23.2 Å². The fourth-order valence-electron chi connectivity index (χ4n) is 1.43. The molecule has 2 unspecified atom stereocenters. The Bertz CT molecular complexity index is 357. The van der Waals surface area contributed by atoms with E-state index in [2.05, 4.69) is 0 Å². The van der Waals surface area contributed by atoms with Crippen molar-refractivity contribution in [2.24, 2.45) is 5.92 Å². The molecule has 0 amide bonds. The summed E-state index contributed by atoms with van der Waals surface area (Å²) < 4.78 is 22.4. The minimum atomic E-state index is -4.09. The third-order valence-corrected chi connectivity index (χ3v) is 5.73. The lowest BCUT2D eigenvalue weighted by atomic mass is 9.95. The van der Waals surface area contributed by atoms with Gasteiger partial charge in [0.05, 0.1) is 19.1 Å². The molecule has 0 rings (SSSR count). The van der Waals surface area contributed by atoms with Gasteiger partial charge in [-0.15, -0.1) is 0 Å². The van der Waals surface area contributed by atoms with Gasteiger partial charge in [-0.1, -0.05) is 6.92 Å². The lowest BCUT2D eigenvalue weighted by Gasteiger charge is -2.34. The second-order valence-electron chi connectivity index (χ2n) is 3.85. The molecule has 0 aromatic carbocycles. The van der Waals surface area contributed by atoms with Gasteiger partial charge in [-0.2, -0.15) is 0 Å². The molecule has 0 aliphatic heterocycles. The highest BCUT2D eigenvalue weighted by Crippen LogP contribution is 2.62. The van der Waals surface area contributed by atoms with Gasteiger partial charge in [0.1, 0.15) is 0 Å². The molecule has 0 aliphatic rings. The molecule has 0 heterocycles. The molecule has 0 aromatic rings. The predicted molar refractivity (Wildman–Crippen MR) is 63.7 cm³/mol. The maximum Gasteiger partial charge on any atom is 0.348 e. The first kappa shape index (κ1) is 17.1. The molecule has 0 fully saturated rings. The molecular formula is C10H19O7P. The average Bonchev–Trinajstić information content (AvgIpc) is 2.26. The summed E-state index contributed by atoms with van der Waals surface area (Å²) >= 11 is 0. The number of carboxylic acid groups (broad SMARTS) is 2. The van der Waals surface area contributed by atoms with Gasteiger partial charge in [0.25, 0.3) is 0 Å². The van der Waals surface area contributed by atoms with Crippen LogP contribution in [0.25, 0.3) is 0 Å². The average molecular weight is 282 g/mol. The van der Waals surface area contributed by atoms with Crippen molar-refractivity contribution in [2.45, 2.75) is 32.9 Å². The standard InChI is InChI=1S/C10H19O7P/c1-5-16-18(15,17-6-2)10(4,9(13)14)7(3)8(11)12/h7H,5-6H2,1-4H3,(H,11,12)(H,13,14). The van der Waals surface area contributed by atoms with Crippen molar-refractivity contribution in [3.05, 3.63) is 0 Å². The second-order valence-corrected chi connectivity index (χ2v) is 6.29. The van der Waals surface area contributed by atoms with E-state index in [0.717, 1.165) is 6.92 Å². The van der Waals surface area contributed by atoms with Crippen LogP contribution in [0.2, 0.25) is 0 Å². The van der Waals surface area contributed by atoms with E-state index in [9.17, 15) is 19.3 Å². The number of rotatable bonds is 8. The third kappa shape index (κ3) is 2.91. The number of hydrogen-bond donors (Lipinski definition) is 2. The summed E-state index contributed by atoms with van der Waals surface area (Å²) in [5.74, 6) is -4.32. The molecule has 7 nitrogen and oxygen atoms in total. The van der Waals surface area contributed by atoms with Gasteiger partial charge in [0.2, 0.25) is 0 Å². The van der Waals surface area contributed by atoms with Crippen LogP contribution in [0.5, 0.6) is 0 Å². The highest BCUT2D eigenvalue weighted by molar-refractivity contribution is 7.56. The summed E-state index contributed by atoms with van der Waals surface area (Å²) in [6.07, 6.45) is 0. The van der Waals surface area contributed by atoms with Crippen LogP contribution in [0.15, 0.2) is 0 Å². The monoisotopic (exact) mass is 282 g/mol. The van der Waals surface area contributed by atoms with Crippen LogP contribution in [-0.4, -0.2) is 40.5 Å². The molecule has 0 aromatic heterocycles. The molecule has 0 saturated carbocycles. The third-order valence-electron chi connectivity index (χ3n) is 2.81. The zero-order chi connectivity index (χ0) is 14.6. The summed E-state index contributed by atoms with van der Waals surface area (Å²) in [5.41, 5.74) is 0. The summed E-state index contributed by atoms with van der Waals surface area (Å²) in [4.78, 5) is 22.4. The Kier molecular flexibility index (Phi) is 5.99. The van der Waals surface area contributed by atoms with Crippen LogP contribution >= 0.6 is 7.60 Å². The van der Waals surface area contributed by atoms with Gasteiger partial charge in [0, 0.05) is 0 Å². The quantitative estimate of drug-likeness (QED) is 0.653. The van der Waals surface area contributed by atoms with Crippen molar-refractivity contribution >= 4 is 19.5 Å². The van der Waals surface area contributed by atoms with Crippen LogP contribution in [0, 0.1) is 5.92 Å². The highest BCUT2D eigenvalue weighted by atomic mass is 31.2. The highest BCUT2D eigenvalue weighted by Gasteiger charge is 2.59. The smallest absolute Gasteiger partial charge is 0.348 e. The van der Waals surface area contributed by atoms with Crippen molar-refractivity contribution in [3.63, 3.8) is 0 Å². The maximum atomic E-state index is 12.5. The Morgan fingerprint density at radius 2 is 1.61 bits per heavy atom. The predicted octanol–water partition coefficient (Wildman–Crippen LogP) is 1.82. The van der Waals surface area contributed by atoms with E-state index in [4.69, 9.17) is 14.2 Å². The lowest BCUT2D eigenvalue weighted by molar-refractivity contribution is -0.151. The fraction of sp³-hybridized carbons (Fsp3) is 0.800. The normalized spacial score (nSPS) is 16.9. The Morgan fingerprint density at radius 1 is 1.22 bits per heavy atom. The fourth-order valence-corrected chi connectivity index (χ4v) is 3.54. The molecule has 2 N–H and O–H groups in total. The molecule has 0 spiro atoms. The van der Waals surface area contributed by atoms with Gasteiger partial charge in [-0.25, -0.2) is 0 Å². The Balaban J connectivity index is 5.75. The minimum absolute atomic E-state index is 0.0352. The first-order valence-electron chi connectivity index (χ1n) is 5.52. The molecule has 2 atom stereocenters. The van der Waals surface area contributed by atoms with E-state index >= 15 is 0 Å². The summed E-state index contributed by atoms with van der Waals surface area (Å²) in [6, 6.07) is 0. The van der Waals surface area contributed by atoms with E-state index in [-0.39, 0.29) is 13.2 Å². The summed E-state index contributed by atoms with van der Waals surface area (Å²) in [5, 5.41) is 16.1. The largest absolute Gasteiger partial charge is 0.481 e. The van der Waals surface area contributed by atoms with E-state index in [1.807, 2.05) is 0 Å². The first-order valence-corrected chi connectivity index (χ1v) is 7.07. The van der Waals surface area contributed by atoms with Crippen LogP contribution in [0.4, 0.5) is 0 Å². The van der Waals surface area contributed by atoms with Crippen molar-refractivity contribution in [2.75, 3.05) is 13.2 Å². The zero-order valence-electron chi connectivity index (χ0n) is 10.9. The number of carboxylic acids is 2. The Labute approximate surface area is 106 Å². The summed E-state index contributed by atoms with van der Waals surface area (Å²) in [7, 11) is -4.09. The maximum absolute atomic E-state index is 12.5. The first-order chi connectivity index (χ1) is 8.17. The SMILES string of the molecule is CCOP(=O)(OCC)C(C)(C(=O)O)C(C)C(=O)O. The van der Waals surface area contributed by atoms with Gasteiger partial charge in [-0.05, 0) is 20.8 Å². The van der Waals surface area contributed by atoms with Crippen LogP contribution in [0.1, 0.15) is 27.7 Å². The Hall–Kier alpha value is -0.910. The number of hydrogen-bond acceptors (Lipinski definition) is 5. The van der Waals surface area contributed by atoms with Gasteiger partial charge < -0.3 is 19.3 Å². The van der Waals surface area contributed by atoms with Crippen molar-refractivity contribution < 1.29 is 33.4 Å². The van der Waals surface area contributed by atoms with Crippen molar-refractivity contribution in [3.8, 4) is 0 Å². The molecule has 18 heavy (non-hydrogen) atoms. The van der Waals surface area contributed by atoms with E-state index in [1.54, 1.807) is 0 Å². The van der Waals surface area contributed by atoms with Crippen LogP contribution < -0.4 is 0 Å². The molecule has 0 bridgehead atoms. The molecule has 106 valence electrons. The topological polar surface area (TPSA) is 110 Å². The lowest BCUT2D eigenvalue weighted by Crippen LogP contribution is -2.46. The van der Waals surface area contributed by atoms with Crippen LogP contribution in [0.3, 0.4) is 0 Å². The molecule has 8 heteroatoms. The molecule has 0 saturated heterocycles. The Morgan fingerprint density at radius 3 is 1.83 bits per heavy atom. The van der Waals surface area contributed by atoms with E-state index in [1.165, 1.54) is 20.8 Å². The summed E-state index contributed by atoms with van der Waals surface area (Å²) in [6.45, 7) is 5.22. The number of carbonyl (C=O) groups is 2. The van der Waals surface area contributed by atoms with E-state index in [0.29, 0.717) is 0 Å².